The number of rotatable bonds is 3. The summed E-state index contributed by atoms with van der Waals surface area (Å²) in [5, 5.41) is 1.05. The number of carbonyl (C=O) groups excluding carboxylic acids is 1. The Kier molecular flexibility index (Phi) is 4.96. The summed E-state index contributed by atoms with van der Waals surface area (Å²) in [6.07, 6.45) is 1.38. The number of carbonyl (C=O) groups is 1. The van der Waals surface area contributed by atoms with Gasteiger partial charge in [-0.1, -0.05) is 46.9 Å². The highest BCUT2D eigenvalue weighted by molar-refractivity contribution is 7.94. The van der Waals surface area contributed by atoms with Crippen LogP contribution in [0.5, 0.6) is 5.75 Å². The van der Waals surface area contributed by atoms with Crippen LogP contribution in [0.25, 0.3) is 0 Å². The van der Waals surface area contributed by atoms with Crippen LogP contribution in [0.3, 0.4) is 0 Å². The van der Waals surface area contributed by atoms with E-state index in [0.29, 0.717) is 11.4 Å². The van der Waals surface area contributed by atoms with Crippen molar-refractivity contribution in [2.75, 3.05) is 17.8 Å². The van der Waals surface area contributed by atoms with Gasteiger partial charge in [0.25, 0.3) is 9.70 Å². The third-order valence-electron chi connectivity index (χ3n) is 3.05. The molecule has 0 aromatic heterocycles. The molecule has 5 nitrogen and oxygen atoms in total. The third-order valence-corrected chi connectivity index (χ3v) is 4.91. The molecule has 2 rings (SSSR count). The number of halogens is 3. The van der Waals surface area contributed by atoms with Crippen LogP contribution in [0, 0.1) is 0 Å². The van der Waals surface area contributed by atoms with Crippen LogP contribution in [0.4, 0.5) is 5.69 Å². The van der Waals surface area contributed by atoms with Crippen LogP contribution >= 0.6 is 34.8 Å². The Bertz CT molecular complexity index is 712. The van der Waals surface area contributed by atoms with Gasteiger partial charge in [-0.2, -0.15) is 0 Å². The molecule has 0 radical (unpaired) electrons. The van der Waals surface area contributed by atoms with Gasteiger partial charge in [-0.05, 0) is 18.2 Å². The van der Waals surface area contributed by atoms with E-state index in [9.17, 15) is 13.2 Å². The number of hydrogen-bond donors (Lipinski definition) is 0. The largest absolute Gasteiger partial charge is 0.495 e. The minimum absolute atomic E-state index is 0.280. The van der Waals surface area contributed by atoms with Crippen molar-refractivity contribution in [3.05, 3.63) is 35.7 Å². The van der Waals surface area contributed by atoms with E-state index in [-0.39, 0.29) is 5.75 Å². The van der Waals surface area contributed by atoms with E-state index in [1.54, 1.807) is 24.3 Å². The molecule has 0 bridgehead atoms. The van der Waals surface area contributed by atoms with E-state index >= 15 is 0 Å². The molecule has 1 amide bonds. The number of nitrogens with zero attached hydrogens (tertiary/aromatic N) is 1. The Morgan fingerprint density at radius 2 is 1.95 bits per heavy atom. The van der Waals surface area contributed by atoms with Gasteiger partial charge in [-0.3, -0.25) is 9.69 Å². The third kappa shape index (κ3) is 3.68. The van der Waals surface area contributed by atoms with Crippen molar-refractivity contribution >= 4 is 56.2 Å². The Morgan fingerprint density at radius 3 is 2.45 bits per heavy atom. The van der Waals surface area contributed by atoms with Crippen molar-refractivity contribution in [2.24, 2.45) is 0 Å². The van der Waals surface area contributed by atoms with E-state index in [1.165, 1.54) is 13.2 Å². The highest BCUT2D eigenvalue weighted by atomic mass is 35.6. The monoisotopic (exact) mass is 383 g/mol. The molecule has 0 aliphatic carbocycles. The topological polar surface area (TPSA) is 63.7 Å². The number of para-hydroxylation sites is 2. The van der Waals surface area contributed by atoms with Crippen molar-refractivity contribution in [3.63, 3.8) is 0 Å². The summed E-state index contributed by atoms with van der Waals surface area (Å²) in [5.74, 6) is -0.770. The average molecular weight is 385 g/mol. The van der Waals surface area contributed by atoms with Crippen molar-refractivity contribution in [2.45, 2.75) is 9.83 Å². The predicted molar refractivity (Wildman–Crippen MR) is 87.5 cm³/mol. The summed E-state index contributed by atoms with van der Waals surface area (Å²) in [4.78, 5) is 13.6. The highest BCUT2D eigenvalue weighted by Crippen LogP contribution is 2.37. The van der Waals surface area contributed by atoms with Crippen LogP contribution in [0.2, 0.25) is 0 Å². The first kappa shape index (κ1) is 17.4. The second kappa shape index (κ2) is 6.28. The van der Waals surface area contributed by atoms with Gasteiger partial charge in [0.1, 0.15) is 5.75 Å². The van der Waals surface area contributed by atoms with Crippen molar-refractivity contribution in [1.29, 1.82) is 0 Å². The van der Waals surface area contributed by atoms with E-state index < -0.39 is 25.6 Å². The molecule has 9 heteroatoms. The van der Waals surface area contributed by atoms with Crippen LogP contribution < -0.4 is 9.64 Å². The fraction of sp³-hybridized carbons (Fsp3) is 0.308. The number of hydrogen-bond acceptors (Lipinski definition) is 4. The maximum atomic E-state index is 12.5. The molecular formula is C13H12Cl3NO4S. The maximum Gasteiger partial charge on any atom is 0.279 e. The van der Waals surface area contributed by atoms with Crippen LogP contribution in [-0.2, 0) is 14.6 Å². The van der Waals surface area contributed by atoms with Crippen LogP contribution in [-0.4, -0.2) is 37.0 Å². The molecule has 1 aliphatic heterocycles. The molecule has 120 valence electrons. The van der Waals surface area contributed by atoms with E-state index in [1.807, 2.05) is 0 Å². The Labute approximate surface area is 143 Å². The molecule has 1 aromatic carbocycles. The lowest BCUT2D eigenvalue weighted by Crippen LogP contribution is -2.47. The fourth-order valence-corrected chi connectivity index (χ4v) is 3.67. The zero-order valence-corrected chi connectivity index (χ0v) is 14.5. The summed E-state index contributed by atoms with van der Waals surface area (Å²) in [7, 11) is -1.96. The molecule has 0 saturated carbocycles. The fourth-order valence-electron chi connectivity index (χ4n) is 2.12. The smallest absolute Gasteiger partial charge is 0.279 e. The lowest BCUT2D eigenvalue weighted by molar-refractivity contribution is -0.118. The van der Waals surface area contributed by atoms with Gasteiger partial charge < -0.3 is 4.74 Å². The molecule has 0 unspecified atom stereocenters. The molecular weight excluding hydrogens is 373 g/mol. The summed E-state index contributed by atoms with van der Waals surface area (Å²) >= 11 is 17.1. The van der Waals surface area contributed by atoms with Gasteiger partial charge in [-0.25, -0.2) is 8.42 Å². The first-order chi connectivity index (χ1) is 10.2. The minimum atomic E-state index is -3.39. The van der Waals surface area contributed by atoms with Gasteiger partial charge >= 0.3 is 0 Å². The molecule has 1 aliphatic rings. The molecule has 0 fully saturated rings. The Hall–Kier alpha value is -0.950. The number of alkyl halides is 3. The SMILES string of the molecule is COc1ccccc1N(C(=O)C(Cl)(Cl)Cl)[C@@H]1C=CS(=O)(=O)C1. The normalized spacial score (nSPS) is 19.9. The van der Waals surface area contributed by atoms with Crippen molar-refractivity contribution in [1.82, 2.24) is 0 Å². The van der Waals surface area contributed by atoms with Gasteiger partial charge in [0.15, 0.2) is 9.84 Å². The van der Waals surface area contributed by atoms with Crippen molar-refractivity contribution < 1.29 is 17.9 Å². The molecule has 1 aromatic rings. The minimum Gasteiger partial charge on any atom is -0.495 e. The average Bonchev–Trinajstić information content (AvgIpc) is 2.78. The van der Waals surface area contributed by atoms with Crippen molar-refractivity contribution in [3.8, 4) is 5.75 Å². The number of anilines is 1. The van der Waals surface area contributed by atoms with Gasteiger partial charge in [0.05, 0.1) is 24.6 Å². The standard InChI is InChI=1S/C13H12Cl3NO4S/c1-21-11-5-3-2-4-10(11)17(12(18)13(14,15)16)9-6-7-22(19,20)8-9/h2-7,9H,8H2,1H3/t9-/m1/s1. The van der Waals surface area contributed by atoms with Gasteiger partial charge in [0.2, 0.25) is 0 Å². The lowest BCUT2D eigenvalue weighted by atomic mass is 10.2. The summed E-state index contributed by atoms with van der Waals surface area (Å²) in [6.45, 7) is 0. The molecule has 22 heavy (non-hydrogen) atoms. The zero-order valence-electron chi connectivity index (χ0n) is 11.4. The number of amides is 1. The van der Waals surface area contributed by atoms with Crippen LogP contribution in [0.1, 0.15) is 0 Å². The molecule has 0 spiro atoms. The van der Waals surface area contributed by atoms with E-state index in [0.717, 1.165) is 10.3 Å². The van der Waals surface area contributed by atoms with Gasteiger partial charge in [-0.15, -0.1) is 0 Å². The summed E-state index contributed by atoms with van der Waals surface area (Å²) in [5.41, 5.74) is 0.327. The first-order valence-electron chi connectivity index (χ1n) is 6.10. The second-order valence-electron chi connectivity index (χ2n) is 4.57. The second-order valence-corrected chi connectivity index (χ2v) is 8.78. The summed E-state index contributed by atoms with van der Waals surface area (Å²) in [6, 6.07) is 5.82. The molecule has 1 heterocycles. The Balaban J connectivity index is 2.52. The number of ether oxygens (including phenoxy) is 1. The van der Waals surface area contributed by atoms with E-state index in [4.69, 9.17) is 39.5 Å². The predicted octanol–water partition coefficient (Wildman–Crippen LogP) is 2.71. The summed E-state index contributed by atoms with van der Waals surface area (Å²) < 4.78 is 26.3. The van der Waals surface area contributed by atoms with E-state index in [2.05, 4.69) is 0 Å². The number of methoxy groups -OCH3 is 1. The lowest BCUT2D eigenvalue weighted by Gasteiger charge is -2.31. The number of sulfone groups is 1. The van der Waals surface area contributed by atoms with Gasteiger partial charge in [0, 0.05) is 5.41 Å². The molecule has 0 N–H and O–H groups in total. The first-order valence-corrected chi connectivity index (χ1v) is 8.95. The zero-order chi connectivity index (χ0) is 16.5. The maximum absolute atomic E-state index is 12.5. The molecule has 1 atom stereocenters. The quantitative estimate of drug-likeness (QED) is 0.752. The van der Waals surface area contributed by atoms with Crippen LogP contribution in [0.15, 0.2) is 35.7 Å². The highest BCUT2D eigenvalue weighted by Gasteiger charge is 2.41. The number of benzene rings is 1. The molecule has 0 saturated heterocycles. The Morgan fingerprint density at radius 1 is 1.32 bits per heavy atom.